The maximum absolute atomic E-state index is 11.9. The zero-order valence-electron chi connectivity index (χ0n) is 14.8. The van der Waals surface area contributed by atoms with Gasteiger partial charge in [0.1, 0.15) is 12.4 Å². The summed E-state index contributed by atoms with van der Waals surface area (Å²) in [7, 11) is 0. The molecule has 1 aliphatic rings. The summed E-state index contributed by atoms with van der Waals surface area (Å²) in [5, 5.41) is 0. The van der Waals surface area contributed by atoms with Crippen molar-refractivity contribution in [2.24, 2.45) is 11.8 Å². The van der Waals surface area contributed by atoms with Crippen LogP contribution in [0.5, 0.6) is 5.75 Å². The SMILES string of the molecule is CCOC(=O)C=C(c1cccc(OCc2ccccc2)c1)C1CC1C. The highest BCUT2D eigenvalue weighted by Gasteiger charge is 2.36. The van der Waals surface area contributed by atoms with Crippen molar-refractivity contribution in [3.8, 4) is 5.75 Å². The Kier molecular flexibility index (Phi) is 5.54. The van der Waals surface area contributed by atoms with Crippen LogP contribution in [0.25, 0.3) is 5.57 Å². The Morgan fingerprint density at radius 2 is 1.92 bits per heavy atom. The van der Waals surface area contributed by atoms with Crippen LogP contribution in [0.2, 0.25) is 0 Å². The monoisotopic (exact) mass is 336 g/mol. The summed E-state index contributed by atoms with van der Waals surface area (Å²) in [6.45, 7) is 4.95. The van der Waals surface area contributed by atoms with Gasteiger partial charge in [0.25, 0.3) is 0 Å². The van der Waals surface area contributed by atoms with Gasteiger partial charge < -0.3 is 9.47 Å². The second-order valence-electron chi connectivity index (χ2n) is 6.47. The summed E-state index contributed by atoms with van der Waals surface area (Å²) in [6, 6.07) is 18.1. The minimum absolute atomic E-state index is 0.271. The van der Waals surface area contributed by atoms with E-state index < -0.39 is 0 Å². The van der Waals surface area contributed by atoms with Crippen molar-refractivity contribution in [1.82, 2.24) is 0 Å². The first-order valence-corrected chi connectivity index (χ1v) is 8.83. The molecule has 0 N–H and O–H groups in total. The van der Waals surface area contributed by atoms with Crippen LogP contribution in [0.15, 0.2) is 60.7 Å². The molecule has 0 aromatic heterocycles. The van der Waals surface area contributed by atoms with Crippen molar-refractivity contribution >= 4 is 11.5 Å². The molecule has 1 fully saturated rings. The molecule has 0 spiro atoms. The van der Waals surface area contributed by atoms with E-state index in [1.165, 1.54) is 0 Å². The minimum atomic E-state index is -0.271. The lowest BCUT2D eigenvalue weighted by atomic mass is 9.99. The third kappa shape index (κ3) is 4.72. The van der Waals surface area contributed by atoms with Gasteiger partial charge in [-0.1, -0.05) is 49.4 Å². The van der Waals surface area contributed by atoms with Gasteiger partial charge in [-0.2, -0.15) is 0 Å². The second kappa shape index (κ2) is 8.02. The number of carbonyl (C=O) groups excluding carboxylic acids is 1. The minimum Gasteiger partial charge on any atom is -0.489 e. The summed E-state index contributed by atoms with van der Waals surface area (Å²) in [5.74, 6) is 1.57. The average Bonchev–Trinajstić information content (AvgIpc) is 3.35. The van der Waals surface area contributed by atoms with Crippen molar-refractivity contribution < 1.29 is 14.3 Å². The van der Waals surface area contributed by atoms with E-state index in [0.29, 0.717) is 25.0 Å². The van der Waals surface area contributed by atoms with Crippen LogP contribution in [0, 0.1) is 11.8 Å². The molecule has 0 radical (unpaired) electrons. The fraction of sp³-hybridized carbons (Fsp3) is 0.318. The molecule has 3 nitrogen and oxygen atoms in total. The molecule has 3 heteroatoms. The predicted octanol–water partition coefficient (Wildman–Crippen LogP) is 4.87. The van der Waals surface area contributed by atoms with E-state index in [0.717, 1.165) is 28.9 Å². The van der Waals surface area contributed by atoms with E-state index in [-0.39, 0.29) is 5.97 Å². The summed E-state index contributed by atoms with van der Waals surface area (Å²) in [6.07, 6.45) is 2.76. The Hall–Kier alpha value is -2.55. The molecule has 1 saturated carbocycles. The summed E-state index contributed by atoms with van der Waals surface area (Å²) >= 11 is 0. The zero-order valence-corrected chi connectivity index (χ0v) is 14.8. The summed E-state index contributed by atoms with van der Waals surface area (Å²) in [4.78, 5) is 11.9. The number of hydrogen-bond donors (Lipinski definition) is 0. The Balaban J connectivity index is 1.77. The summed E-state index contributed by atoms with van der Waals surface area (Å²) in [5.41, 5.74) is 3.22. The fourth-order valence-electron chi connectivity index (χ4n) is 2.98. The molecule has 2 aromatic carbocycles. The molecule has 2 aromatic rings. The van der Waals surface area contributed by atoms with E-state index in [1.54, 1.807) is 6.08 Å². The zero-order chi connectivity index (χ0) is 17.6. The molecule has 25 heavy (non-hydrogen) atoms. The number of hydrogen-bond acceptors (Lipinski definition) is 3. The smallest absolute Gasteiger partial charge is 0.331 e. The third-order valence-electron chi connectivity index (χ3n) is 4.48. The van der Waals surface area contributed by atoms with Crippen LogP contribution >= 0.6 is 0 Å². The molecule has 130 valence electrons. The van der Waals surface area contributed by atoms with Gasteiger partial charge in [0.15, 0.2) is 0 Å². The highest BCUT2D eigenvalue weighted by atomic mass is 16.5. The topological polar surface area (TPSA) is 35.5 Å². The Labute approximate surface area is 149 Å². The van der Waals surface area contributed by atoms with Gasteiger partial charge in [0.05, 0.1) is 6.61 Å². The average molecular weight is 336 g/mol. The predicted molar refractivity (Wildman–Crippen MR) is 99.1 cm³/mol. The lowest BCUT2D eigenvalue weighted by molar-refractivity contribution is -0.137. The first-order valence-electron chi connectivity index (χ1n) is 8.83. The highest BCUT2D eigenvalue weighted by molar-refractivity contribution is 5.92. The lowest BCUT2D eigenvalue weighted by Crippen LogP contribution is -2.02. The van der Waals surface area contributed by atoms with E-state index in [4.69, 9.17) is 9.47 Å². The molecule has 3 rings (SSSR count). The van der Waals surface area contributed by atoms with Crippen molar-refractivity contribution in [3.05, 3.63) is 71.8 Å². The van der Waals surface area contributed by atoms with Gasteiger partial charge in [-0.3, -0.25) is 0 Å². The quantitative estimate of drug-likeness (QED) is 0.534. The van der Waals surface area contributed by atoms with Gasteiger partial charge >= 0.3 is 5.97 Å². The van der Waals surface area contributed by atoms with Gasteiger partial charge in [0.2, 0.25) is 0 Å². The van der Waals surface area contributed by atoms with Crippen LogP contribution < -0.4 is 4.74 Å². The molecular weight excluding hydrogens is 312 g/mol. The molecule has 0 heterocycles. The molecule has 0 saturated heterocycles. The summed E-state index contributed by atoms with van der Waals surface area (Å²) < 4.78 is 11.0. The van der Waals surface area contributed by atoms with Crippen LogP contribution in [-0.4, -0.2) is 12.6 Å². The third-order valence-corrected chi connectivity index (χ3v) is 4.48. The van der Waals surface area contributed by atoms with Crippen LogP contribution in [0.1, 0.15) is 31.4 Å². The highest BCUT2D eigenvalue weighted by Crippen LogP contribution is 2.48. The Morgan fingerprint density at radius 3 is 2.60 bits per heavy atom. The van der Waals surface area contributed by atoms with Crippen LogP contribution in [0.3, 0.4) is 0 Å². The second-order valence-corrected chi connectivity index (χ2v) is 6.47. The van der Waals surface area contributed by atoms with Crippen molar-refractivity contribution in [3.63, 3.8) is 0 Å². The van der Waals surface area contributed by atoms with Crippen molar-refractivity contribution in [2.45, 2.75) is 26.9 Å². The molecule has 2 unspecified atom stereocenters. The van der Waals surface area contributed by atoms with Gasteiger partial charge in [-0.25, -0.2) is 4.79 Å². The van der Waals surface area contributed by atoms with Crippen LogP contribution in [-0.2, 0) is 16.1 Å². The van der Waals surface area contributed by atoms with Gasteiger partial charge in [-0.15, -0.1) is 0 Å². The molecule has 0 amide bonds. The Morgan fingerprint density at radius 1 is 1.16 bits per heavy atom. The number of esters is 1. The number of rotatable bonds is 7. The maximum atomic E-state index is 11.9. The van der Waals surface area contributed by atoms with E-state index in [9.17, 15) is 4.79 Å². The van der Waals surface area contributed by atoms with Crippen molar-refractivity contribution in [1.29, 1.82) is 0 Å². The number of allylic oxidation sites excluding steroid dienone is 1. The lowest BCUT2D eigenvalue weighted by Gasteiger charge is -2.11. The number of carbonyl (C=O) groups is 1. The first kappa shape index (κ1) is 17.3. The fourth-order valence-corrected chi connectivity index (χ4v) is 2.98. The van der Waals surface area contributed by atoms with Crippen LogP contribution in [0.4, 0.5) is 0 Å². The maximum Gasteiger partial charge on any atom is 0.331 e. The van der Waals surface area contributed by atoms with E-state index >= 15 is 0 Å². The standard InChI is InChI=1S/C22H24O3/c1-3-24-22(23)14-21(20-12-16(20)2)18-10-7-11-19(13-18)25-15-17-8-5-4-6-9-17/h4-11,13-14,16,20H,3,12,15H2,1-2H3. The van der Waals surface area contributed by atoms with Crippen molar-refractivity contribution in [2.75, 3.05) is 6.61 Å². The molecule has 0 bridgehead atoms. The first-order chi connectivity index (χ1) is 12.2. The molecule has 1 aliphatic carbocycles. The number of ether oxygens (including phenoxy) is 2. The normalized spacial score (nSPS) is 19.4. The Bertz CT molecular complexity index is 749. The number of benzene rings is 2. The van der Waals surface area contributed by atoms with Gasteiger partial charge in [0, 0.05) is 6.08 Å². The van der Waals surface area contributed by atoms with Gasteiger partial charge in [-0.05, 0) is 54.0 Å². The van der Waals surface area contributed by atoms with E-state index in [1.807, 2.05) is 61.5 Å². The molecular formula is C22H24O3. The molecule has 0 aliphatic heterocycles. The largest absolute Gasteiger partial charge is 0.489 e. The van der Waals surface area contributed by atoms with E-state index in [2.05, 4.69) is 6.92 Å². The molecule has 2 atom stereocenters.